The van der Waals surface area contributed by atoms with Crippen molar-refractivity contribution < 1.29 is 23.8 Å². The molecule has 0 aliphatic carbocycles. The zero-order chi connectivity index (χ0) is 19.7. The summed E-state index contributed by atoms with van der Waals surface area (Å²) in [6.07, 6.45) is -0.375. The third-order valence-electron chi connectivity index (χ3n) is 4.73. The van der Waals surface area contributed by atoms with E-state index in [0.29, 0.717) is 49.2 Å². The summed E-state index contributed by atoms with van der Waals surface area (Å²) in [7, 11) is 1.67. The molecule has 1 saturated heterocycles. The summed E-state index contributed by atoms with van der Waals surface area (Å²) in [5.41, 5.74) is 2.92. The van der Waals surface area contributed by atoms with E-state index in [2.05, 4.69) is 5.32 Å². The number of benzene rings is 2. The van der Waals surface area contributed by atoms with Gasteiger partial charge in [0.05, 0.1) is 12.2 Å². The maximum Gasteiger partial charge on any atom is 0.414 e. The summed E-state index contributed by atoms with van der Waals surface area (Å²) in [5, 5.41) is 2.86. The van der Waals surface area contributed by atoms with Gasteiger partial charge in [-0.1, -0.05) is 6.07 Å². The van der Waals surface area contributed by atoms with Crippen LogP contribution in [0.1, 0.15) is 5.56 Å². The highest BCUT2D eigenvalue weighted by atomic mass is 16.6. The minimum atomic E-state index is -0.375. The number of aryl methyl sites for hydroxylation is 1. The number of nitrogens with one attached hydrogen (secondary N) is 1. The Morgan fingerprint density at radius 3 is 2.57 bits per heavy atom. The molecule has 28 heavy (non-hydrogen) atoms. The fourth-order valence-corrected chi connectivity index (χ4v) is 3.16. The van der Waals surface area contributed by atoms with E-state index in [4.69, 9.17) is 14.2 Å². The van der Waals surface area contributed by atoms with E-state index < -0.39 is 0 Å². The summed E-state index contributed by atoms with van der Waals surface area (Å²) >= 11 is 0. The molecule has 0 atom stereocenters. The van der Waals surface area contributed by atoms with E-state index in [1.54, 1.807) is 42.3 Å². The highest BCUT2D eigenvalue weighted by molar-refractivity contribution is 6.02. The highest BCUT2D eigenvalue weighted by Gasteiger charge is 2.25. The predicted molar refractivity (Wildman–Crippen MR) is 105 cm³/mol. The van der Waals surface area contributed by atoms with Crippen LogP contribution < -0.4 is 24.6 Å². The monoisotopic (exact) mass is 383 g/mol. The number of ether oxygens (including phenoxy) is 3. The molecule has 146 valence electrons. The van der Waals surface area contributed by atoms with E-state index in [-0.39, 0.29) is 12.1 Å². The smallest absolute Gasteiger partial charge is 0.414 e. The summed E-state index contributed by atoms with van der Waals surface area (Å²) in [4.78, 5) is 27.6. The van der Waals surface area contributed by atoms with Gasteiger partial charge in [-0.3, -0.25) is 9.80 Å². The SMILES string of the molecule is Cc1ccc(NC(=O)N(C)c2ccc3c(c2)OCCO3)cc1N1CCOC1=O. The molecule has 8 heteroatoms. The van der Waals surface area contributed by atoms with Crippen molar-refractivity contribution in [1.29, 1.82) is 0 Å². The van der Waals surface area contributed by atoms with Crippen molar-refractivity contribution in [2.45, 2.75) is 6.92 Å². The second-order valence-electron chi connectivity index (χ2n) is 6.58. The van der Waals surface area contributed by atoms with Gasteiger partial charge < -0.3 is 19.5 Å². The molecule has 0 spiro atoms. The van der Waals surface area contributed by atoms with Crippen LogP contribution in [0.25, 0.3) is 0 Å². The minimum absolute atomic E-state index is 0.310. The van der Waals surface area contributed by atoms with Crippen LogP contribution in [0.5, 0.6) is 11.5 Å². The van der Waals surface area contributed by atoms with Crippen molar-refractivity contribution >= 4 is 29.2 Å². The normalized spacial score (nSPS) is 15.2. The molecule has 4 rings (SSSR count). The van der Waals surface area contributed by atoms with Crippen LogP contribution in [0.3, 0.4) is 0 Å². The number of carbonyl (C=O) groups excluding carboxylic acids is 2. The Labute approximate surface area is 162 Å². The molecule has 0 saturated carbocycles. The fourth-order valence-electron chi connectivity index (χ4n) is 3.16. The molecule has 2 aliphatic heterocycles. The first-order valence-corrected chi connectivity index (χ1v) is 9.02. The molecule has 1 fully saturated rings. The van der Waals surface area contributed by atoms with E-state index in [1.165, 1.54) is 4.90 Å². The zero-order valence-corrected chi connectivity index (χ0v) is 15.7. The largest absolute Gasteiger partial charge is 0.486 e. The lowest BCUT2D eigenvalue weighted by molar-refractivity contribution is 0.171. The van der Waals surface area contributed by atoms with Crippen LogP contribution >= 0.6 is 0 Å². The van der Waals surface area contributed by atoms with E-state index in [0.717, 1.165) is 11.3 Å². The number of anilines is 3. The fraction of sp³-hybridized carbons (Fsp3) is 0.300. The number of nitrogens with zero attached hydrogens (tertiary/aromatic N) is 2. The molecule has 0 aromatic heterocycles. The van der Waals surface area contributed by atoms with E-state index in [9.17, 15) is 9.59 Å². The van der Waals surface area contributed by atoms with Crippen molar-refractivity contribution in [3.8, 4) is 11.5 Å². The molecule has 2 aliphatic rings. The molecule has 0 bridgehead atoms. The van der Waals surface area contributed by atoms with Crippen LogP contribution in [-0.2, 0) is 4.74 Å². The van der Waals surface area contributed by atoms with Crippen molar-refractivity contribution in [3.63, 3.8) is 0 Å². The second kappa shape index (κ2) is 7.30. The van der Waals surface area contributed by atoms with Gasteiger partial charge in [0, 0.05) is 24.5 Å². The summed E-state index contributed by atoms with van der Waals surface area (Å²) < 4.78 is 16.1. The first-order valence-electron chi connectivity index (χ1n) is 9.02. The lowest BCUT2D eigenvalue weighted by Gasteiger charge is -2.23. The van der Waals surface area contributed by atoms with Crippen molar-refractivity contribution in [1.82, 2.24) is 0 Å². The van der Waals surface area contributed by atoms with Gasteiger partial charge in [0.15, 0.2) is 11.5 Å². The minimum Gasteiger partial charge on any atom is -0.486 e. The maximum absolute atomic E-state index is 12.7. The average molecular weight is 383 g/mol. The molecule has 8 nitrogen and oxygen atoms in total. The number of hydrogen-bond acceptors (Lipinski definition) is 5. The molecule has 2 heterocycles. The van der Waals surface area contributed by atoms with E-state index in [1.807, 2.05) is 13.0 Å². The number of rotatable bonds is 3. The molecule has 2 aromatic carbocycles. The molecule has 3 amide bonds. The molecule has 0 radical (unpaired) electrons. The Balaban J connectivity index is 1.51. The van der Waals surface area contributed by atoms with Crippen LogP contribution in [0, 0.1) is 6.92 Å². The lowest BCUT2D eigenvalue weighted by atomic mass is 10.1. The highest BCUT2D eigenvalue weighted by Crippen LogP contribution is 2.34. The van der Waals surface area contributed by atoms with Crippen LogP contribution in [-0.4, -0.2) is 45.5 Å². The number of fused-ring (bicyclic) bond motifs is 1. The Morgan fingerprint density at radius 1 is 1.04 bits per heavy atom. The summed E-state index contributed by atoms with van der Waals surface area (Å²) in [5.74, 6) is 1.29. The Morgan fingerprint density at radius 2 is 1.82 bits per heavy atom. The summed E-state index contributed by atoms with van der Waals surface area (Å²) in [6, 6.07) is 10.5. The molecule has 2 aromatic rings. The number of carbonyl (C=O) groups is 2. The third-order valence-corrected chi connectivity index (χ3v) is 4.73. The third kappa shape index (κ3) is 3.40. The van der Waals surface area contributed by atoms with Gasteiger partial charge in [0.2, 0.25) is 0 Å². The topological polar surface area (TPSA) is 80.3 Å². The number of urea groups is 1. The lowest BCUT2D eigenvalue weighted by Crippen LogP contribution is -2.31. The van der Waals surface area contributed by atoms with E-state index >= 15 is 0 Å². The Bertz CT molecular complexity index is 930. The first kappa shape index (κ1) is 18.0. The Kier molecular flexibility index (Phi) is 4.68. The standard InChI is InChI=1S/C20H21N3O5/c1-13-3-4-14(11-16(13)23-7-8-28-20(23)25)21-19(24)22(2)15-5-6-17-18(12-15)27-10-9-26-17/h3-6,11-12H,7-10H2,1-2H3,(H,21,24). The number of cyclic esters (lactones) is 1. The molecular formula is C20H21N3O5. The summed E-state index contributed by atoms with van der Waals surface area (Å²) in [6.45, 7) is 3.77. The zero-order valence-electron chi connectivity index (χ0n) is 15.7. The van der Waals surface area contributed by atoms with Crippen LogP contribution in [0.4, 0.5) is 26.7 Å². The van der Waals surface area contributed by atoms with Gasteiger partial charge in [0.1, 0.15) is 19.8 Å². The van der Waals surface area contributed by atoms with Crippen LogP contribution in [0.15, 0.2) is 36.4 Å². The molecular weight excluding hydrogens is 362 g/mol. The number of amides is 3. The van der Waals surface area contributed by atoms with Gasteiger partial charge in [-0.25, -0.2) is 9.59 Å². The van der Waals surface area contributed by atoms with Crippen molar-refractivity contribution in [2.24, 2.45) is 0 Å². The quantitative estimate of drug-likeness (QED) is 0.879. The second-order valence-corrected chi connectivity index (χ2v) is 6.58. The predicted octanol–water partition coefficient (Wildman–Crippen LogP) is 3.39. The number of hydrogen-bond donors (Lipinski definition) is 1. The molecule has 1 N–H and O–H groups in total. The van der Waals surface area contributed by atoms with Crippen molar-refractivity contribution in [3.05, 3.63) is 42.0 Å². The Hall–Kier alpha value is -3.42. The van der Waals surface area contributed by atoms with Gasteiger partial charge in [0.25, 0.3) is 0 Å². The molecule has 0 unspecified atom stereocenters. The van der Waals surface area contributed by atoms with Gasteiger partial charge in [-0.15, -0.1) is 0 Å². The van der Waals surface area contributed by atoms with Crippen LogP contribution in [0.2, 0.25) is 0 Å². The van der Waals surface area contributed by atoms with Gasteiger partial charge >= 0.3 is 12.1 Å². The van der Waals surface area contributed by atoms with Gasteiger partial charge in [-0.05, 0) is 36.8 Å². The maximum atomic E-state index is 12.7. The van der Waals surface area contributed by atoms with Gasteiger partial charge in [-0.2, -0.15) is 0 Å². The van der Waals surface area contributed by atoms with Crippen molar-refractivity contribution in [2.75, 3.05) is 48.5 Å². The average Bonchev–Trinajstić information content (AvgIpc) is 3.14. The first-order chi connectivity index (χ1) is 13.5.